The number of nitrogens with zero attached hydrogens (tertiary/aromatic N) is 3. The molecule has 0 bridgehead atoms. The molecule has 30 heavy (non-hydrogen) atoms. The Kier molecular flexibility index (Phi) is 6.54. The third kappa shape index (κ3) is 4.94. The summed E-state index contributed by atoms with van der Waals surface area (Å²) in [4.78, 5) is 30.0. The predicted octanol–water partition coefficient (Wildman–Crippen LogP) is 1.44. The Morgan fingerprint density at radius 2 is 2.10 bits per heavy atom. The molecule has 2 aliphatic heterocycles. The van der Waals surface area contributed by atoms with Crippen molar-refractivity contribution < 1.29 is 9.53 Å². The first-order valence-electron chi connectivity index (χ1n) is 10.7. The van der Waals surface area contributed by atoms with Crippen LogP contribution in [0.1, 0.15) is 42.8 Å². The number of aromatic nitrogens is 3. The minimum atomic E-state index is -0.283. The Hall–Kier alpha value is -2.58. The van der Waals surface area contributed by atoms with Crippen LogP contribution in [0.15, 0.2) is 35.1 Å². The highest BCUT2D eigenvalue weighted by Crippen LogP contribution is 2.30. The first-order chi connectivity index (χ1) is 14.6. The second-order valence-corrected chi connectivity index (χ2v) is 8.38. The van der Waals surface area contributed by atoms with Crippen LogP contribution in [0.5, 0.6) is 0 Å². The van der Waals surface area contributed by atoms with Crippen molar-refractivity contribution in [3.63, 3.8) is 0 Å². The number of carbonyl (C=O) groups excluding carboxylic acids is 1. The van der Waals surface area contributed by atoms with Gasteiger partial charge in [-0.3, -0.25) is 14.5 Å². The minimum Gasteiger partial charge on any atom is -0.381 e. The molecule has 8 heteroatoms. The largest absolute Gasteiger partial charge is 0.381 e. The van der Waals surface area contributed by atoms with Gasteiger partial charge in [0.2, 0.25) is 5.91 Å². The molecule has 2 N–H and O–H groups in total. The predicted molar refractivity (Wildman–Crippen MR) is 112 cm³/mol. The topological polar surface area (TPSA) is 100 Å². The van der Waals surface area contributed by atoms with E-state index in [0.717, 1.165) is 32.5 Å². The molecule has 3 atom stereocenters. The maximum absolute atomic E-state index is 12.5. The molecule has 3 unspecified atom stereocenters. The molecule has 3 heterocycles. The van der Waals surface area contributed by atoms with E-state index >= 15 is 0 Å². The van der Waals surface area contributed by atoms with E-state index in [9.17, 15) is 9.59 Å². The number of amides is 1. The molecule has 2 aromatic rings. The third-order valence-corrected chi connectivity index (χ3v) is 6.03. The average molecular weight is 412 g/mol. The summed E-state index contributed by atoms with van der Waals surface area (Å²) < 4.78 is 5.35. The van der Waals surface area contributed by atoms with Crippen LogP contribution in [0.3, 0.4) is 0 Å². The monoisotopic (exact) mass is 411 g/mol. The van der Waals surface area contributed by atoms with Crippen molar-refractivity contribution in [2.45, 2.75) is 38.8 Å². The molecule has 0 aliphatic carbocycles. The van der Waals surface area contributed by atoms with Crippen molar-refractivity contribution in [1.29, 1.82) is 0 Å². The summed E-state index contributed by atoms with van der Waals surface area (Å²) in [6.45, 7) is 6.07. The number of hydrogen-bond acceptors (Lipinski definition) is 6. The molecule has 8 nitrogen and oxygen atoms in total. The van der Waals surface area contributed by atoms with Crippen molar-refractivity contribution in [1.82, 2.24) is 25.4 Å². The maximum Gasteiger partial charge on any atom is 0.274 e. The van der Waals surface area contributed by atoms with Gasteiger partial charge in [0.25, 0.3) is 5.56 Å². The van der Waals surface area contributed by atoms with Gasteiger partial charge in [-0.1, -0.05) is 37.3 Å². The second-order valence-electron chi connectivity index (χ2n) is 8.38. The summed E-state index contributed by atoms with van der Waals surface area (Å²) in [6, 6.07) is 10.4. The lowest BCUT2D eigenvalue weighted by atomic mass is 9.97. The van der Waals surface area contributed by atoms with Crippen LogP contribution in [0.25, 0.3) is 0 Å². The third-order valence-electron chi connectivity index (χ3n) is 6.03. The van der Waals surface area contributed by atoms with Crippen LogP contribution in [-0.2, 0) is 22.6 Å². The Morgan fingerprint density at radius 1 is 1.27 bits per heavy atom. The lowest BCUT2D eigenvalue weighted by Crippen LogP contribution is -2.37. The van der Waals surface area contributed by atoms with E-state index in [2.05, 4.69) is 44.5 Å². The van der Waals surface area contributed by atoms with Crippen LogP contribution in [0.2, 0.25) is 0 Å². The van der Waals surface area contributed by atoms with E-state index in [0.29, 0.717) is 25.0 Å². The van der Waals surface area contributed by atoms with Crippen molar-refractivity contribution >= 4 is 5.91 Å². The summed E-state index contributed by atoms with van der Waals surface area (Å²) in [5.74, 6) is 0.882. The number of H-pyrrole nitrogens is 1. The Bertz CT molecular complexity index is 910. The highest BCUT2D eigenvalue weighted by atomic mass is 16.5. The maximum atomic E-state index is 12.5. The molecular weight excluding hydrogens is 382 g/mol. The van der Waals surface area contributed by atoms with E-state index in [1.165, 1.54) is 5.56 Å². The molecule has 0 radical (unpaired) electrons. The van der Waals surface area contributed by atoms with Crippen molar-refractivity contribution in [2.75, 3.05) is 26.3 Å². The zero-order valence-corrected chi connectivity index (χ0v) is 17.3. The zero-order valence-electron chi connectivity index (χ0n) is 17.3. The molecule has 0 spiro atoms. The number of hydrogen-bond donors (Lipinski definition) is 2. The van der Waals surface area contributed by atoms with Crippen LogP contribution in [-0.4, -0.2) is 52.3 Å². The fourth-order valence-electron chi connectivity index (χ4n) is 4.31. The average Bonchev–Trinajstić information content (AvgIpc) is 3.13. The van der Waals surface area contributed by atoms with Gasteiger partial charge in [-0.2, -0.15) is 0 Å². The molecule has 2 aliphatic rings. The quantitative estimate of drug-likeness (QED) is 0.746. The van der Waals surface area contributed by atoms with Crippen molar-refractivity contribution in [3.8, 4) is 0 Å². The number of nitrogens with one attached hydrogen (secondary N) is 2. The van der Waals surface area contributed by atoms with E-state index in [-0.39, 0.29) is 35.5 Å². The standard InChI is InChI=1S/C22H29N5O3/c1-15-11-27(12-16-6-3-2-4-7-16)13-18(15)20-24-22(29)19(25-26-20)10-23-21(28)17-8-5-9-30-14-17/h2-4,6-7,15,17-18H,5,8-14H2,1H3,(H,23,28)(H,24,26,29). The highest BCUT2D eigenvalue weighted by molar-refractivity contribution is 5.78. The lowest BCUT2D eigenvalue weighted by Gasteiger charge is -2.21. The van der Waals surface area contributed by atoms with E-state index in [1.54, 1.807) is 0 Å². The van der Waals surface area contributed by atoms with Gasteiger partial charge >= 0.3 is 0 Å². The second kappa shape index (κ2) is 9.49. The highest BCUT2D eigenvalue weighted by Gasteiger charge is 2.33. The SMILES string of the molecule is CC1CN(Cc2ccccc2)CC1c1nnc(CNC(=O)C2CCCOC2)c(=O)[nH]1. The number of carbonyl (C=O) groups is 1. The Balaban J connectivity index is 1.35. The van der Waals surface area contributed by atoms with Crippen molar-refractivity contribution in [2.24, 2.45) is 11.8 Å². The molecule has 4 rings (SSSR count). The number of likely N-dealkylation sites (tertiary alicyclic amines) is 1. The molecule has 2 saturated heterocycles. The number of rotatable bonds is 6. The normalized spacial score (nSPS) is 24.6. The van der Waals surface area contributed by atoms with Crippen molar-refractivity contribution in [3.05, 3.63) is 57.8 Å². The van der Waals surface area contributed by atoms with Gasteiger partial charge in [0, 0.05) is 32.2 Å². The molecule has 1 amide bonds. The molecule has 160 valence electrons. The van der Waals surface area contributed by atoms with Gasteiger partial charge in [0.15, 0.2) is 0 Å². The molecule has 1 aromatic heterocycles. The zero-order chi connectivity index (χ0) is 20.9. The summed E-state index contributed by atoms with van der Waals surface area (Å²) in [5.41, 5.74) is 1.23. The van der Waals surface area contributed by atoms with E-state index in [1.807, 2.05) is 18.2 Å². The van der Waals surface area contributed by atoms with Gasteiger partial charge < -0.3 is 15.0 Å². The van der Waals surface area contributed by atoms with Gasteiger partial charge in [0.05, 0.1) is 19.1 Å². The minimum absolute atomic E-state index is 0.0816. The summed E-state index contributed by atoms with van der Waals surface area (Å²) in [6.07, 6.45) is 1.69. The molecule has 1 aromatic carbocycles. The molecule has 0 saturated carbocycles. The van der Waals surface area contributed by atoms with Gasteiger partial charge in [-0.15, -0.1) is 10.2 Å². The Labute approximate surface area is 176 Å². The lowest BCUT2D eigenvalue weighted by molar-refractivity contribution is -0.129. The number of ether oxygens (including phenoxy) is 1. The van der Waals surface area contributed by atoms with Gasteiger partial charge in [-0.05, 0) is 24.3 Å². The van der Waals surface area contributed by atoms with Crippen LogP contribution < -0.4 is 10.9 Å². The smallest absolute Gasteiger partial charge is 0.274 e. The summed E-state index contributed by atoms with van der Waals surface area (Å²) in [7, 11) is 0. The molecular formula is C22H29N5O3. The number of aromatic amines is 1. The number of benzene rings is 1. The van der Waals surface area contributed by atoms with E-state index < -0.39 is 0 Å². The summed E-state index contributed by atoms with van der Waals surface area (Å²) in [5, 5.41) is 11.2. The van der Waals surface area contributed by atoms with Crippen LogP contribution in [0, 0.1) is 11.8 Å². The fraction of sp³-hybridized carbons (Fsp3) is 0.545. The van der Waals surface area contributed by atoms with Crippen LogP contribution in [0.4, 0.5) is 0 Å². The molecule has 2 fully saturated rings. The first kappa shape index (κ1) is 20.7. The van der Waals surface area contributed by atoms with Gasteiger partial charge in [0.1, 0.15) is 11.5 Å². The fourth-order valence-corrected chi connectivity index (χ4v) is 4.31. The first-order valence-corrected chi connectivity index (χ1v) is 10.7. The van der Waals surface area contributed by atoms with Crippen LogP contribution >= 0.6 is 0 Å². The summed E-state index contributed by atoms with van der Waals surface area (Å²) >= 11 is 0. The van der Waals surface area contributed by atoms with E-state index in [4.69, 9.17) is 4.74 Å². The van der Waals surface area contributed by atoms with Gasteiger partial charge in [-0.25, -0.2) is 0 Å². The Morgan fingerprint density at radius 3 is 2.83 bits per heavy atom.